The van der Waals surface area contributed by atoms with Crippen molar-refractivity contribution in [3.05, 3.63) is 59.9 Å². The Kier molecular flexibility index (Phi) is 4.18. The first-order valence-electron chi connectivity index (χ1n) is 7.42. The van der Waals surface area contributed by atoms with E-state index in [0.29, 0.717) is 11.3 Å². The van der Waals surface area contributed by atoms with Crippen molar-refractivity contribution in [2.24, 2.45) is 0 Å². The van der Waals surface area contributed by atoms with Gasteiger partial charge in [0, 0.05) is 24.0 Å². The summed E-state index contributed by atoms with van der Waals surface area (Å²) < 4.78 is 13.4. The normalized spacial score (nSPS) is 10.3. The van der Waals surface area contributed by atoms with Gasteiger partial charge in [0.25, 0.3) is 0 Å². The minimum absolute atomic E-state index is 0.00690. The van der Waals surface area contributed by atoms with Crippen LogP contribution < -0.4 is 16.4 Å². The van der Waals surface area contributed by atoms with E-state index in [0.717, 1.165) is 11.4 Å². The monoisotopic (exact) mass is 334 g/mol. The van der Waals surface area contributed by atoms with Gasteiger partial charge in [0.1, 0.15) is 23.3 Å². The number of rotatable bonds is 3. The van der Waals surface area contributed by atoms with Crippen molar-refractivity contribution in [3.63, 3.8) is 0 Å². The highest BCUT2D eigenvalue weighted by molar-refractivity contribution is 5.75. The molecule has 0 aliphatic carbocycles. The quantitative estimate of drug-likeness (QED) is 0.762. The Labute approximate surface area is 144 Å². The fourth-order valence-electron chi connectivity index (χ4n) is 2.49. The van der Waals surface area contributed by atoms with Gasteiger partial charge in [-0.15, -0.1) is 0 Å². The molecule has 25 heavy (non-hydrogen) atoms. The van der Waals surface area contributed by atoms with Crippen LogP contribution in [0, 0.1) is 17.1 Å². The lowest BCUT2D eigenvalue weighted by Gasteiger charge is -2.20. The van der Waals surface area contributed by atoms with Gasteiger partial charge in [0.2, 0.25) is 5.95 Å². The maximum absolute atomic E-state index is 13.4. The Morgan fingerprint density at radius 2 is 1.76 bits per heavy atom. The summed E-state index contributed by atoms with van der Waals surface area (Å²) in [5.74, 6) is -0.245. The molecule has 0 aliphatic heterocycles. The molecule has 2 aromatic carbocycles. The zero-order valence-electron chi connectivity index (χ0n) is 13.4. The number of nitrogens with two attached hydrogens (primary N) is 2. The molecule has 0 aliphatic rings. The molecular weight excluding hydrogens is 319 g/mol. The predicted molar refractivity (Wildman–Crippen MR) is 95.5 cm³/mol. The summed E-state index contributed by atoms with van der Waals surface area (Å²) in [7, 11) is 1.84. The molecule has 3 rings (SSSR count). The molecule has 4 N–H and O–H groups in total. The van der Waals surface area contributed by atoms with E-state index in [-0.39, 0.29) is 23.1 Å². The number of anilines is 4. The van der Waals surface area contributed by atoms with Crippen molar-refractivity contribution < 1.29 is 4.39 Å². The third-order valence-corrected chi connectivity index (χ3v) is 3.79. The number of nitrogens with zero attached hydrogens (tertiary/aromatic N) is 4. The predicted octanol–water partition coefficient (Wildman–Crippen LogP) is 3.09. The van der Waals surface area contributed by atoms with Crippen LogP contribution in [-0.2, 0) is 0 Å². The third-order valence-electron chi connectivity index (χ3n) is 3.79. The lowest BCUT2D eigenvalue weighted by atomic mass is 10.1. The van der Waals surface area contributed by atoms with Crippen LogP contribution in [0.5, 0.6) is 0 Å². The van der Waals surface area contributed by atoms with Crippen LogP contribution >= 0.6 is 0 Å². The van der Waals surface area contributed by atoms with Gasteiger partial charge in [-0.05, 0) is 30.3 Å². The van der Waals surface area contributed by atoms with Gasteiger partial charge in [-0.2, -0.15) is 10.2 Å². The summed E-state index contributed by atoms with van der Waals surface area (Å²) >= 11 is 0. The molecule has 1 aromatic heterocycles. The maximum Gasteiger partial charge on any atom is 0.222 e. The van der Waals surface area contributed by atoms with Crippen LogP contribution in [0.4, 0.5) is 27.5 Å². The van der Waals surface area contributed by atoms with E-state index in [1.807, 2.05) is 36.2 Å². The van der Waals surface area contributed by atoms with E-state index in [9.17, 15) is 9.65 Å². The highest BCUT2D eigenvalue weighted by Gasteiger charge is 2.13. The Morgan fingerprint density at radius 1 is 1.04 bits per heavy atom. The molecule has 0 saturated heterocycles. The van der Waals surface area contributed by atoms with Gasteiger partial charge in [-0.1, -0.05) is 18.2 Å². The molecule has 0 spiro atoms. The average molecular weight is 334 g/mol. The molecule has 7 heteroatoms. The molecule has 0 saturated carbocycles. The van der Waals surface area contributed by atoms with E-state index < -0.39 is 0 Å². The van der Waals surface area contributed by atoms with Gasteiger partial charge >= 0.3 is 0 Å². The maximum atomic E-state index is 13.4. The fourth-order valence-corrected chi connectivity index (χ4v) is 2.49. The van der Waals surface area contributed by atoms with E-state index in [1.165, 1.54) is 12.1 Å². The molecule has 6 nitrogen and oxygen atoms in total. The minimum atomic E-state index is -0.299. The van der Waals surface area contributed by atoms with Crippen molar-refractivity contribution in [3.8, 4) is 17.3 Å². The number of benzene rings is 2. The van der Waals surface area contributed by atoms with Gasteiger partial charge in [-0.3, -0.25) is 0 Å². The molecule has 1 heterocycles. The van der Waals surface area contributed by atoms with Crippen LogP contribution in [0.2, 0.25) is 0 Å². The van der Waals surface area contributed by atoms with E-state index in [2.05, 4.69) is 9.97 Å². The van der Waals surface area contributed by atoms with Crippen LogP contribution in [0.1, 0.15) is 5.56 Å². The van der Waals surface area contributed by atoms with Crippen LogP contribution in [-0.4, -0.2) is 17.0 Å². The number of hydrogen-bond acceptors (Lipinski definition) is 6. The van der Waals surface area contributed by atoms with Crippen LogP contribution in [0.25, 0.3) is 11.3 Å². The minimum Gasteiger partial charge on any atom is -0.382 e. The Hall–Kier alpha value is -3.66. The fraction of sp³-hybridized carbons (Fsp3) is 0.0556. The summed E-state index contributed by atoms with van der Waals surface area (Å²) in [6.07, 6.45) is 0. The first-order valence-corrected chi connectivity index (χ1v) is 7.42. The standard InChI is InChI=1S/C18H15FN6/c1-25(14-4-2-3-12(19)9-14)13-7-5-11(6-8-13)16-15(10-20)17(21)24-18(22)23-16/h2-9H,1H3,(H4,21,22,23,24). The van der Waals surface area contributed by atoms with E-state index in [1.54, 1.807) is 18.2 Å². The Balaban J connectivity index is 1.97. The summed E-state index contributed by atoms with van der Waals surface area (Å²) in [6, 6.07) is 15.6. The summed E-state index contributed by atoms with van der Waals surface area (Å²) in [4.78, 5) is 9.77. The van der Waals surface area contributed by atoms with Crippen molar-refractivity contribution in [1.29, 1.82) is 5.26 Å². The Morgan fingerprint density at radius 3 is 2.40 bits per heavy atom. The SMILES string of the molecule is CN(c1ccc(-c2nc(N)nc(N)c2C#N)cc1)c1cccc(F)c1. The van der Waals surface area contributed by atoms with Crippen molar-refractivity contribution in [1.82, 2.24) is 9.97 Å². The zero-order valence-corrected chi connectivity index (χ0v) is 13.4. The van der Waals surface area contributed by atoms with Crippen molar-refractivity contribution >= 4 is 23.1 Å². The largest absolute Gasteiger partial charge is 0.382 e. The molecule has 0 bridgehead atoms. The van der Waals surface area contributed by atoms with Crippen LogP contribution in [0.15, 0.2) is 48.5 Å². The van der Waals surface area contributed by atoms with Crippen molar-refractivity contribution in [2.75, 3.05) is 23.4 Å². The second kappa shape index (κ2) is 6.45. The highest BCUT2D eigenvalue weighted by atomic mass is 19.1. The number of nitriles is 1. The molecule has 0 atom stereocenters. The topological polar surface area (TPSA) is 105 Å². The van der Waals surface area contributed by atoms with Gasteiger partial charge < -0.3 is 16.4 Å². The summed E-state index contributed by atoms with van der Waals surface area (Å²) in [6.45, 7) is 0. The molecule has 0 amide bonds. The Bertz CT molecular complexity index is 962. The van der Waals surface area contributed by atoms with E-state index >= 15 is 0 Å². The average Bonchev–Trinajstić information content (AvgIpc) is 2.60. The molecule has 0 radical (unpaired) electrons. The number of aromatic nitrogens is 2. The van der Waals surface area contributed by atoms with Gasteiger partial charge in [-0.25, -0.2) is 9.37 Å². The lowest BCUT2D eigenvalue weighted by molar-refractivity contribution is 0.628. The first kappa shape index (κ1) is 16.2. The molecule has 0 unspecified atom stereocenters. The lowest BCUT2D eigenvalue weighted by Crippen LogP contribution is -2.09. The second-order valence-electron chi connectivity index (χ2n) is 5.39. The van der Waals surface area contributed by atoms with Crippen molar-refractivity contribution in [2.45, 2.75) is 0 Å². The molecule has 124 valence electrons. The molecule has 0 fully saturated rings. The number of hydrogen-bond donors (Lipinski definition) is 2. The molecular formula is C18H15FN6. The molecule has 3 aromatic rings. The second-order valence-corrected chi connectivity index (χ2v) is 5.39. The number of nitrogen functional groups attached to an aromatic ring is 2. The first-order chi connectivity index (χ1) is 12.0. The number of halogens is 1. The van der Waals surface area contributed by atoms with Crippen LogP contribution in [0.3, 0.4) is 0 Å². The zero-order chi connectivity index (χ0) is 18.0. The summed E-state index contributed by atoms with van der Waals surface area (Å²) in [5.41, 5.74) is 14.2. The highest BCUT2D eigenvalue weighted by Crippen LogP contribution is 2.29. The van der Waals surface area contributed by atoms with E-state index in [4.69, 9.17) is 11.5 Å². The van der Waals surface area contributed by atoms with Gasteiger partial charge in [0.15, 0.2) is 0 Å². The summed E-state index contributed by atoms with van der Waals surface area (Å²) in [5, 5.41) is 9.27. The smallest absolute Gasteiger partial charge is 0.222 e. The van der Waals surface area contributed by atoms with Gasteiger partial charge in [0.05, 0.1) is 5.69 Å². The third kappa shape index (κ3) is 3.19.